The molecule has 0 unspecified atom stereocenters. The molecular weight excluding hydrogens is 267 g/mol. The first kappa shape index (κ1) is 7.59. The van der Waals surface area contributed by atoms with Gasteiger partial charge in [0, 0.05) is 5.92 Å². The smallest absolute Gasteiger partial charge is 0.312 e. The van der Waals surface area contributed by atoms with E-state index in [1.165, 1.54) is 6.42 Å². The van der Waals surface area contributed by atoms with Crippen LogP contribution in [0.15, 0.2) is 0 Å². The standard InChI is InChI=1S/C9H11IO2/c1-9-3-4-2-5(9)7(6(4)10)12-8(9)11/h4-7H,2-3H2,1H3/t4-,5+,6+,7+,9-/m1/s1. The van der Waals surface area contributed by atoms with Gasteiger partial charge >= 0.3 is 5.97 Å². The van der Waals surface area contributed by atoms with Crippen molar-refractivity contribution in [3.8, 4) is 0 Å². The van der Waals surface area contributed by atoms with Crippen LogP contribution in [0.1, 0.15) is 19.8 Å². The second kappa shape index (κ2) is 1.99. The maximum Gasteiger partial charge on any atom is 0.312 e. The Morgan fingerprint density at radius 2 is 2.42 bits per heavy atom. The summed E-state index contributed by atoms with van der Waals surface area (Å²) in [4.78, 5) is 11.5. The summed E-state index contributed by atoms with van der Waals surface area (Å²) in [7, 11) is 0. The van der Waals surface area contributed by atoms with Crippen molar-refractivity contribution in [2.24, 2.45) is 17.3 Å². The van der Waals surface area contributed by atoms with Gasteiger partial charge in [0.1, 0.15) is 6.10 Å². The van der Waals surface area contributed by atoms with Crippen LogP contribution in [0, 0.1) is 17.3 Å². The second-order valence-electron chi connectivity index (χ2n) is 4.54. The molecule has 1 heterocycles. The SMILES string of the molecule is C[C@@]12C[C@H]3C[C@H]1[C@H](OC2=O)[C@H]3I. The first-order valence-electron chi connectivity index (χ1n) is 4.48. The van der Waals surface area contributed by atoms with Gasteiger partial charge < -0.3 is 4.74 Å². The predicted molar refractivity (Wildman–Crippen MR) is 52.0 cm³/mol. The molecule has 2 nitrogen and oxygen atoms in total. The molecule has 0 aromatic heterocycles. The molecule has 5 atom stereocenters. The number of hydrogen-bond donors (Lipinski definition) is 0. The fourth-order valence-electron chi connectivity index (χ4n) is 3.24. The maximum absolute atomic E-state index is 11.5. The zero-order valence-electron chi connectivity index (χ0n) is 6.92. The highest BCUT2D eigenvalue weighted by molar-refractivity contribution is 14.1. The monoisotopic (exact) mass is 278 g/mol. The summed E-state index contributed by atoms with van der Waals surface area (Å²) in [6.45, 7) is 2.09. The molecule has 0 N–H and O–H groups in total. The number of carbonyl (C=O) groups is 1. The molecule has 2 aliphatic carbocycles. The molecule has 0 radical (unpaired) electrons. The third-order valence-corrected chi connectivity index (χ3v) is 5.66. The average molecular weight is 278 g/mol. The van der Waals surface area contributed by atoms with Gasteiger partial charge in [0.15, 0.2) is 0 Å². The average Bonchev–Trinajstić information content (AvgIpc) is 2.53. The van der Waals surface area contributed by atoms with E-state index in [1.54, 1.807) is 0 Å². The van der Waals surface area contributed by atoms with Gasteiger partial charge in [-0.25, -0.2) is 0 Å². The van der Waals surface area contributed by atoms with Crippen LogP contribution < -0.4 is 0 Å². The lowest BCUT2D eigenvalue weighted by atomic mass is 9.76. The summed E-state index contributed by atoms with van der Waals surface area (Å²) in [5.74, 6) is 1.35. The zero-order chi connectivity index (χ0) is 8.51. The highest BCUT2D eigenvalue weighted by Crippen LogP contribution is 2.63. The summed E-state index contributed by atoms with van der Waals surface area (Å²) >= 11 is 2.45. The van der Waals surface area contributed by atoms with Gasteiger partial charge in [0.2, 0.25) is 0 Å². The molecular formula is C9H11IO2. The third-order valence-electron chi connectivity index (χ3n) is 3.93. The Kier molecular flexibility index (Phi) is 1.26. The van der Waals surface area contributed by atoms with E-state index in [1.807, 2.05) is 0 Å². The molecule has 0 aromatic carbocycles. The highest BCUT2D eigenvalue weighted by Gasteiger charge is 2.67. The number of esters is 1. The Labute approximate surface area is 85.2 Å². The first-order valence-corrected chi connectivity index (χ1v) is 5.72. The molecule has 3 rings (SSSR count). The van der Waals surface area contributed by atoms with Gasteiger partial charge in [-0.1, -0.05) is 22.6 Å². The number of carbonyl (C=O) groups excluding carboxylic acids is 1. The van der Waals surface area contributed by atoms with Crippen LogP contribution in [-0.4, -0.2) is 16.0 Å². The quantitative estimate of drug-likeness (QED) is 0.383. The topological polar surface area (TPSA) is 26.3 Å². The number of rotatable bonds is 0. The van der Waals surface area contributed by atoms with Crippen molar-refractivity contribution in [3.63, 3.8) is 0 Å². The van der Waals surface area contributed by atoms with Gasteiger partial charge in [-0.3, -0.25) is 4.79 Å². The minimum atomic E-state index is -0.100. The third kappa shape index (κ3) is 0.624. The van der Waals surface area contributed by atoms with Gasteiger partial charge in [0.05, 0.1) is 9.34 Å². The van der Waals surface area contributed by atoms with Gasteiger partial charge in [-0.05, 0) is 25.7 Å². The first-order chi connectivity index (χ1) is 5.63. The van der Waals surface area contributed by atoms with Crippen molar-refractivity contribution < 1.29 is 9.53 Å². The molecule has 3 aliphatic rings. The fraction of sp³-hybridized carbons (Fsp3) is 0.889. The lowest BCUT2D eigenvalue weighted by Crippen LogP contribution is -2.33. The van der Waals surface area contributed by atoms with E-state index in [-0.39, 0.29) is 17.5 Å². The Balaban J connectivity index is 2.09. The van der Waals surface area contributed by atoms with E-state index in [2.05, 4.69) is 29.5 Å². The maximum atomic E-state index is 11.5. The number of fused-ring (bicyclic) bond motifs is 1. The molecule has 2 bridgehead atoms. The summed E-state index contributed by atoms with van der Waals surface area (Å²) in [5, 5.41) is 0. The van der Waals surface area contributed by atoms with Crippen molar-refractivity contribution in [2.75, 3.05) is 0 Å². The van der Waals surface area contributed by atoms with E-state index in [0.29, 0.717) is 9.84 Å². The zero-order valence-corrected chi connectivity index (χ0v) is 9.08. The van der Waals surface area contributed by atoms with E-state index >= 15 is 0 Å². The summed E-state index contributed by atoms with van der Waals surface area (Å²) in [5.41, 5.74) is -0.100. The van der Waals surface area contributed by atoms with Crippen LogP contribution in [0.2, 0.25) is 0 Å². The Bertz CT molecular complexity index is 265. The largest absolute Gasteiger partial charge is 0.460 e. The molecule has 1 saturated heterocycles. The Morgan fingerprint density at radius 1 is 1.67 bits per heavy atom. The normalized spacial score (nSPS) is 61.0. The van der Waals surface area contributed by atoms with Crippen LogP contribution >= 0.6 is 22.6 Å². The van der Waals surface area contributed by atoms with Crippen molar-refractivity contribution in [1.29, 1.82) is 0 Å². The molecule has 0 aromatic rings. The fourth-order valence-corrected chi connectivity index (χ4v) is 4.43. The molecule has 66 valence electrons. The minimum absolute atomic E-state index is 0.0687. The lowest BCUT2D eigenvalue weighted by molar-refractivity contribution is -0.147. The minimum Gasteiger partial charge on any atom is -0.460 e. The summed E-state index contributed by atoms with van der Waals surface area (Å²) < 4.78 is 6.00. The van der Waals surface area contributed by atoms with Crippen LogP contribution in [0.3, 0.4) is 0 Å². The van der Waals surface area contributed by atoms with Crippen molar-refractivity contribution in [2.45, 2.75) is 29.8 Å². The number of hydrogen-bond acceptors (Lipinski definition) is 2. The molecule has 12 heavy (non-hydrogen) atoms. The van der Waals surface area contributed by atoms with Gasteiger partial charge in [-0.2, -0.15) is 0 Å². The van der Waals surface area contributed by atoms with Gasteiger partial charge in [-0.15, -0.1) is 0 Å². The summed E-state index contributed by atoms with van der Waals surface area (Å²) in [6, 6.07) is 0. The predicted octanol–water partition coefficient (Wildman–Crippen LogP) is 1.76. The van der Waals surface area contributed by atoms with Crippen LogP contribution in [-0.2, 0) is 9.53 Å². The number of ether oxygens (including phenoxy) is 1. The molecule has 1 aliphatic heterocycles. The van der Waals surface area contributed by atoms with E-state index in [4.69, 9.17) is 4.74 Å². The highest BCUT2D eigenvalue weighted by atomic mass is 127. The molecule has 0 amide bonds. The van der Waals surface area contributed by atoms with Crippen LogP contribution in [0.5, 0.6) is 0 Å². The molecule has 0 spiro atoms. The number of halogens is 1. The van der Waals surface area contributed by atoms with Crippen molar-refractivity contribution in [3.05, 3.63) is 0 Å². The Morgan fingerprint density at radius 3 is 3.00 bits per heavy atom. The van der Waals surface area contributed by atoms with Crippen LogP contribution in [0.25, 0.3) is 0 Å². The van der Waals surface area contributed by atoms with Crippen LogP contribution in [0.4, 0.5) is 0 Å². The van der Waals surface area contributed by atoms with Crippen molar-refractivity contribution in [1.82, 2.24) is 0 Å². The number of alkyl halides is 1. The van der Waals surface area contributed by atoms with E-state index in [0.717, 1.165) is 12.3 Å². The van der Waals surface area contributed by atoms with E-state index in [9.17, 15) is 4.79 Å². The summed E-state index contributed by atoms with van der Waals surface area (Å²) in [6.07, 6.45) is 2.54. The molecule has 2 saturated carbocycles. The molecule has 3 fully saturated rings. The van der Waals surface area contributed by atoms with E-state index < -0.39 is 0 Å². The lowest BCUT2D eigenvalue weighted by Gasteiger charge is -2.25. The Hall–Kier alpha value is 0.200. The second-order valence-corrected chi connectivity index (χ2v) is 5.98. The van der Waals surface area contributed by atoms with Crippen molar-refractivity contribution >= 4 is 28.6 Å². The van der Waals surface area contributed by atoms with Gasteiger partial charge in [0.25, 0.3) is 0 Å². The molecule has 3 heteroatoms.